The molecule has 4 N–H and O–H groups in total. The number of anilines is 2. The largest absolute Gasteiger partial charge is 0.497 e. The molecule has 1 aliphatic heterocycles. The van der Waals surface area contributed by atoms with E-state index in [0.717, 1.165) is 0 Å². The molecule has 0 aromatic heterocycles. The van der Waals surface area contributed by atoms with Gasteiger partial charge in [0.05, 0.1) is 30.6 Å². The van der Waals surface area contributed by atoms with Gasteiger partial charge in [-0.3, -0.25) is 9.59 Å². The number of methoxy groups -OCH3 is 1. The molecule has 2 rings (SSSR count). The molecule has 1 heterocycles. The van der Waals surface area contributed by atoms with Crippen molar-refractivity contribution in [3.05, 3.63) is 18.2 Å². The van der Waals surface area contributed by atoms with Crippen LogP contribution in [0.5, 0.6) is 5.75 Å². The van der Waals surface area contributed by atoms with E-state index in [-0.39, 0.29) is 17.7 Å². The summed E-state index contributed by atoms with van der Waals surface area (Å²) in [5.41, 5.74) is 0.975. The van der Waals surface area contributed by atoms with Gasteiger partial charge >= 0.3 is 0 Å². The van der Waals surface area contributed by atoms with Crippen molar-refractivity contribution in [3.8, 4) is 5.75 Å². The molecule has 2 atom stereocenters. The standard InChI is InChI=1S/C16H23N3O4/c1-9(2)15(21)19-13-7-11(23-3)4-5-12(13)18-16(22)14-6-10(20)8-17-14/h4-5,7,9-10,14,17,20H,6,8H2,1-3H3,(H,18,22)(H,19,21)/t10-,14+/m1/s1. The fraction of sp³-hybridized carbons (Fsp3) is 0.500. The second-order valence-electron chi connectivity index (χ2n) is 5.90. The predicted molar refractivity (Wildman–Crippen MR) is 87.5 cm³/mol. The zero-order chi connectivity index (χ0) is 17.0. The highest BCUT2D eigenvalue weighted by molar-refractivity contribution is 6.02. The Hall–Kier alpha value is -2.12. The second kappa shape index (κ2) is 7.43. The lowest BCUT2D eigenvalue weighted by Gasteiger charge is -2.17. The third kappa shape index (κ3) is 4.43. The van der Waals surface area contributed by atoms with Crippen molar-refractivity contribution in [2.75, 3.05) is 24.3 Å². The number of rotatable bonds is 5. The Balaban J connectivity index is 2.16. The Labute approximate surface area is 135 Å². The number of carbonyl (C=O) groups is 2. The van der Waals surface area contributed by atoms with E-state index < -0.39 is 12.1 Å². The number of ether oxygens (including phenoxy) is 1. The van der Waals surface area contributed by atoms with E-state index in [1.54, 1.807) is 32.0 Å². The van der Waals surface area contributed by atoms with Gasteiger partial charge < -0.3 is 25.8 Å². The van der Waals surface area contributed by atoms with E-state index in [9.17, 15) is 14.7 Å². The lowest BCUT2D eigenvalue weighted by Crippen LogP contribution is -2.35. The van der Waals surface area contributed by atoms with Gasteiger partial charge in [-0.05, 0) is 18.6 Å². The average molecular weight is 321 g/mol. The lowest BCUT2D eigenvalue weighted by molar-refractivity contribution is -0.119. The fourth-order valence-electron chi connectivity index (χ4n) is 2.28. The maximum atomic E-state index is 12.3. The topological polar surface area (TPSA) is 99.7 Å². The number of β-amino-alcohol motifs (C(OH)–C–C–N with tert-alkyl or cyclic N) is 1. The molecule has 0 saturated carbocycles. The van der Waals surface area contributed by atoms with Crippen molar-refractivity contribution < 1.29 is 19.4 Å². The van der Waals surface area contributed by atoms with Crippen LogP contribution in [0, 0.1) is 5.92 Å². The summed E-state index contributed by atoms with van der Waals surface area (Å²) < 4.78 is 5.16. The molecule has 1 saturated heterocycles. The number of aliphatic hydroxyl groups is 1. The Morgan fingerprint density at radius 1 is 1.30 bits per heavy atom. The third-order valence-electron chi connectivity index (χ3n) is 3.69. The SMILES string of the molecule is COc1ccc(NC(=O)[C@@H]2C[C@@H](O)CN2)c(NC(=O)C(C)C)c1. The molecular formula is C16H23N3O4. The minimum absolute atomic E-state index is 0.150. The molecule has 1 aromatic rings. The normalized spacial score (nSPS) is 20.4. The molecule has 0 spiro atoms. The van der Waals surface area contributed by atoms with E-state index in [1.165, 1.54) is 7.11 Å². The summed E-state index contributed by atoms with van der Waals surface area (Å²) in [7, 11) is 1.53. The number of amides is 2. The second-order valence-corrected chi connectivity index (χ2v) is 5.90. The van der Waals surface area contributed by atoms with Crippen molar-refractivity contribution in [1.29, 1.82) is 0 Å². The lowest BCUT2D eigenvalue weighted by atomic mass is 10.1. The summed E-state index contributed by atoms with van der Waals surface area (Å²) in [6.45, 7) is 3.98. The molecule has 126 valence electrons. The van der Waals surface area contributed by atoms with Crippen LogP contribution in [0.25, 0.3) is 0 Å². The minimum atomic E-state index is -0.512. The molecule has 7 heteroatoms. The van der Waals surface area contributed by atoms with E-state index in [2.05, 4.69) is 16.0 Å². The van der Waals surface area contributed by atoms with Gasteiger partial charge in [-0.15, -0.1) is 0 Å². The first kappa shape index (κ1) is 17.2. The smallest absolute Gasteiger partial charge is 0.241 e. The van der Waals surface area contributed by atoms with Gasteiger partial charge in [-0.1, -0.05) is 13.8 Å². The minimum Gasteiger partial charge on any atom is -0.497 e. The number of aliphatic hydroxyl groups excluding tert-OH is 1. The Bertz CT molecular complexity index is 589. The van der Waals surface area contributed by atoms with Crippen LogP contribution in [0.1, 0.15) is 20.3 Å². The fourth-order valence-corrected chi connectivity index (χ4v) is 2.28. The molecule has 0 unspecified atom stereocenters. The van der Waals surface area contributed by atoms with Gasteiger partial charge in [0.25, 0.3) is 0 Å². The van der Waals surface area contributed by atoms with Crippen molar-refractivity contribution in [3.63, 3.8) is 0 Å². The van der Waals surface area contributed by atoms with Gasteiger partial charge in [-0.2, -0.15) is 0 Å². The first-order chi connectivity index (χ1) is 10.9. The van der Waals surface area contributed by atoms with Gasteiger partial charge in [0.1, 0.15) is 5.75 Å². The van der Waals surface area contributed by atoms with Crippen LogP contribution in [0.4, 0.5) is 11.4 Å². The van der Waals surface area contributed by atoms with Crippen LogP contribution in [-0.4, -0.2) is 42.7 Å². The van der Waals surface area contributed by atoms with Crippen molar-refractivity contribution >= 4 is 23.2 Å². The average Bonchev–Trinajstić information content (AvgIpc) is 2.95. The molecule has 1 aromatic carbocycles. The Morgan fingerprint density at radius 3 is 2.61 bits per heavy atom. The van der Waals surface area contributed by atoms with Crippen LogP contribution in [0.3, 0.4) is 0 Å². The summed E-state index contributed by atoms with van der Waals surface area (Å²) in [6.07, 6.45) is -0.142. The number of benzene rings is 1. The number of nitrogens with one attached hydrogen (secondary N) is 3. The molecule has 0 radical (unpaired) electrons. The Morgan fingerprint density at radius 2 is 2.04 bits per heavy atom. The quantitative estimate of drug-likeness (QED) is 0.647. The molecule has 1 aliphatic rings. The first-order valence-electron chi connectivity index (χ1n) is 7.62. The number of carbonyl (C=O) groups excluding carboxylic acids is 2. The molecule has 0 bridgehead atoms. The summed E-state index contributed by atoms with van der Waals surface area (Å²) in [4.78, 5) is 24.2. The molecule has 7 nitrogen and oxygen atoms in total. The van der Waals surface area contributed by atoms with Crippen molar-refractivity contribution in [2.45, 2.75) is 32.4 Å². The first-order valence-corrected chi connectivity index (χ1v) is 7.62. The molecule has 2 amide bonds. The maximum Gasteiger partial charge on any atom is 0.241 e. The molecule has 0 aliphatic carbocycles. The molecular weight excluding hydrogens is 298 g/mol. The highest BCUT2D eigenvalue weighted by Crippen LogP contribution is 2.28. The van der Waals surface area contributed by atoms with Crippen LogP contribution in [-0.2, 0) is 9.59 Å². The van der Waals surface area contributed by atoms with E-state index in [4.69, 9.17) is 4.74 Å². The van der Waals surface area contributed by atoms with Crippen LogP contribution < -0.4 is 20.7 Å². The predicted octanol–water partition coefficient (Wildman–Crippen LogP) is 0.951. The van der Waals surface area contributed by atoms with Crippen molar-refractivity contribution in [1.82, 2.24) is 5.32 Å². The van der Waals surface area contributed by atoms with Crippen LogP contribution in [0.2, 0.25) is 0 Å². The van der Waals surface area contributed by atoms with Gasteiger partial charge in [-0.25, -0.2) is 0 Å². The molecule has 1 fully saturated rings. The maximum absolute atomic E-state index is 12.3. The van der Waals surface area contributed by atoms with Crippen LogP contribution >= 0.6 is 0 Å². The number of hydrogen-bond acceptors (Lipinski definition) is 5. The highest BCUT2D eigenvalue weighted by atomic mass is 16.5. The number of hydrogen-bond donors (Lipinski definition) is 4. The zero-order valence-corrected chi connectivity index (χ0v) is 13.6. The summed E-state index contributed by atoms with van der Waals surface area (Å²) in [6, 6.07) is 4.60. The highest BCUT2D eigenvalue weighted by Gasteiger charge is 2.28. The third-order valence-corrected chi connectivity index (χ3v) is 3.69. The van der Waals surface area contributed by atoms with E-state index in [1.807, 2.05) is 0 Å². The summed E-state index contributed by atoms with van der Waals surface area (Å²) in [5.74, 6) is 0.00259. The van der Waals surface area contributed by atoms with Crippen LogP contribution in [0.15, 0.2) is 18.2 Å². The van der Waals surface area contributed by atoms with E-state index in [0.29, 0.717) is 30.1 Å². The van der Waals surface area contributed by atoms with Gasteiger partial charge in [0.2, 0.25) is 11.8 Å². The monoisotopic (exact) mass is 321 g/mol. The summed E-state index contributed by atoms with van der Waals surface area (Å²) in [5, 5.41) is 18.0. The van der Waals surface area contributed by atoms with E-state index >= 15 is 0 Å². The van der Waals surface area contributed by atoms with Gasteiger partial charge in [0.15, 0.2) is 0 Å². The van der Waals surface area contributed by atoms with Crippen molar-refractivity contribution in [2.24, 2.45) is 5.92 Å². The van der Waals surface area contributed by atoms with Gasteiger partial charge in [0, 0.05) is 18.5 Å². The molecule has 23 heavy (non-hydrogen) atoms. The zero-order valence-electron chi connectivity index (χ0n) is 13.6. The Kier molecular flexibility index (Phi) is 5.57. The summed E-state index contributed by atoms with van der Waals surface area (Å²) >= 11 is 0.